The first kappa shape index (κ1) is 18.3. The molecule has 1 aromatic carbocycles. The van der Waals surface area contributed by atoms with E-state index < -0.39 is 5.56 Å². The van der Waals surface area contributed by atoms with Crippen molar-refractivity contribution in [1.29, 1.82) is 0 Å². The molecule has 0 unspecified atom stereocenters. The monoisotopic (exact) mass is 384 g/mol. The van der Waals surface area contributed by atoms with Crippen LogP contribution >= 0.6 is 0 Å². The van der Waals surface area contributed by atoms with Crippen LogP contribution in [0.5, 0.6) is 0 Å². The Labute approximate surface area is 160 Å². The van der Waals surface area contributed by atoms with Crippen LogP contribution < -0.4 is 5.56 Å². The minimum Gasteiger partial charge on any atom is -0.338 e. The predicted octanol–water partition coefficient (Wildman–Crippen LogP) is 1.91. The van der Waals surface area contributed by atoms with Crippen LogP contribution in [-0.2, 0) is 11.3 Å². The summed E-state index contributed by atoms with van der Waals surface area (Å²) in [4.78, 5) is 27.3. The molecule has 1 aliphatic heterocycles. The van der Waals surface area contributed by atoms with Crippen molar-refractivity contribution >= 4 is 16.9 Å². The minimum absolute atomic E-state index is 0.117. The standard InChI is InChI=1S/C19H21FN6O2/c1-2-14-5-3-4-10-24(14)17(27)12-25-19(28)16-11-21-26(18(16)22-23-25)15-8-6-13(20)7-9-15/h6-9,11,14H,2-5,10,12H2,1H3/t14-/m0/s1. The summed E-state index contributed by atoms with van der Waals surface area (Å²) in [7, 11) is 0. The van der Waals surface area contributed by atoms with Crippen LogP contribution in [0.15, 0.2) is 35.3 Å². The molecule has 0 spiro atoms. The lowest BCUT2D eigenvalue weighted by Gasteiger charge is -2.35. The summed E-state index contributed by atoms with van der Waals surface area (Å²) in [5.74, 6) is -0.483. The Bertz CT molecular complexity index is 1060. The van der Waals surface area contributed by atoms with E-state index in [4.69, 9.17) is 0 Å². The summed E-state index contributed by atoms with van der Waals surface area (Å²) < 4.78 is 15.7. The van der Waals surface area contributed by atoms with Crippen LogP contribution in [0.3, 0.4) is 0 Å². The second kappa shape index (κ2) is 7.49. The van der Waals surface area contributed by atoms with Gasteiger partial charge in [0, 0.05) is 12.6 Å². The Morgan fingerprint density at radius 2 is 2.04 bits per heavy atom. The highest BCUT2D eigenvalue weighted by molar-refractivity contribution is 5.78. The van der Waals surface area contributed by atoms with Gasteiger partial charge in [-0.05, 0) is 49.9 Å². The molecule has 0 saturated carbocycles. The zero-order valence-electron chi connectivity index (χ0n) is 15.6. The van der Waals surface area contributed by atoms with Gasteiger partial charge in [0.15, 0.2) is 5.65 Å². The Morgan fingerprint density at radius 3 is 2.79 bits per heavy atom. The number of benzene rings is 1. The van der Waals surface area contributed by atoms with Crippen LogP contribution in [0.2, 0.25) is 0 Å². The molecule has 1 fully saturated rings. The van der Waals surface area contributed by atoms with Gasteiger partial charge >= 0.3 is 0 Å². The molecule has 28 heavy (non-hydrogen) atoms. The van der Waals surface area contributed by atoms with Crippen molar-refractivity contribution in [1.82, 2.24) is 29.7 Å². The molecule has 3 heterocycles. The van der Waals surface area contributed by atoms with Crippen LogP contribution in [0.1, 0.15) is 32.6 Å². The number of likely N-dealkylation sites (tertiary alicyclic amines) is 1. The van der Waals surface area contributed by atoms with Gasteiger partial charge in [-0.3, -0.25) is 9.59 Å². The topological polar surface area (TPSA) is 85.9 Å². The van der Waals surface area contributed by atoms with Crippen molar-refractivity contribution in [2.75, 3.05) is 6.54 Å². The number of carbonyl (C=O) groups excluding carboxylic acids is 1. The molecule has 0 bridgehead atoms. The maximum absolute atomic E-state index is 13.1. The molecule has 1 amide bonds. The van der Waals surface area contributed by atoms with E-state index in [1.54, 1.807) is 12.1 Å². The second-order valence-corrected chi connectivity index (χ2v) is 6.97. The van der Waals surface area contributed by atoms with Gasteiger partial charge in [0.05, 0.1) is 11.9 Å². The summed E-state index contributed by atoms with van der Waals surface area (Å²) in [5, 5.41) is 12.5. The number of aromatic nitrogens is 5. The molecule has 0 radical (unpaired) electrons. The largest absolute Gasteiger partial charge is 0.338 e. The number of hydrogen-bond acceptors (Lipinski definition) is 5. The van der Waals surface area contributed by atoms with Crippen LogP contribution in [0.4, 0.5) is 4.39 Å². The van der Waals surface area contributed by atoms with E-state index in [1.807, 2.05) is 4.90 Å². The summed E-state index contributed by atoms with van der Waals surface area (Å²) >= 11 is 0. The molecule has 146 valence electrons. The second-order valence-electron chi connectivity index (χ2n) is 6.97. The number of hydrogen-bond donors (Lipinski definition) is 0. The van der Waals surface area contributed by atoms with Crippen molar-refractivity contribution in [2.45, 2.75) is 45.2 Å². The molecule has 9 heteroatoms. The number of fused-ring (bicyclic) bond motifs is 1. The van der Waals surface area contributed by atoms with Crippen LogP contribution in [0.25, 0.3) is 16.7 Å². The third-order valence-corrected chi connectivity index (χ3v) is 5.23. The summed E-state index contributed by atoms with van der Waals surface area (Å²) in [5.41, 5.74) is 0.416. The highest BCUT2D eigenvalue weighted by Crippen LogP contribution is 2.20. The molecule has 0 N–H and O–H groups in total. The van der Waals surface area contributed by atoms with Crippen molar-refractivity contribution in [3.05, 3.63) is 46.6 Å². The average Bonchev–Trinajstić information content (AvgIpc) is 3.15. The highest BCUT2D eigenvalue weighted by Gasteiger charge is 2.26. The van der Waals surface area contributed by atoms with E-state index in [2.05, 4.69) is 22.3 Å². The molecule has 3 aromatic rings. The molecule has 0 aliphatic carbocycles. The van der Waals surface area contributed by atoms with E-state index in [9.17, 15) is 14.0 Å². The fourth-order valence-electron chi connectivity index (χ4n) is 3.71. The zero-order valence-corrected chi connectivity index (χ0v) is 15.6. The van der Waals surface area contributed by atoms with Crippen molar-refractivity contribution in [3.8, 4) is 5.69 Å². The van der Waals surface area contributed by atoms with Crippen LogP contribution in [0, 0.1) is 5.82 Å². The first-order valence-corrected chi connectivity index (χ1v) is 9.45. The van der Waals surface area contributed by atoms with Gasteiger partial charge in [0.25, 0.3) is 5.56 Å². The lowest BCUT2D eigenvalue weighted by Crippen LogP contribution is -2.46. The van der Waals surface area contributed by atoms with Crippen molar-refractivity contribution in [2.24, 2.45) is 0 Å². The summed E-state index contributed by atoms with van der Waals surface area (Å²) in [6, 6.07) is 5.91. The first-order chi connectivity index (χ1) is 13.6. The molecule has 4 rings (SSSR count). The number of piperidine rings is 1. The van der Waals surface area contributed by atoms with Crippen molar-refractivity contribution < 1.29 is 9.18 Å². The van der Waals surface area contributed by atoms with Gasteiger partial charge < -0.3 is 4.90 Å². The van der Waals surface area contributed by atoms with E-state index in [0.717, 1.165) is 30.4 Å². The lowest BCUT2D eigenvalue weighted by molar-refractivity contribution is -0.135. The van der Waals surface area contributed by atoms with Gasteiger partial charge in [0.2, 0.25) is 5.91 Å². The van der Waals surface area contributed by atoms with E-state index >= 15 is 0 Å². The normalized spacial score (nSPS) is 17.2. The lowest BCUT2D eigenvalue weighted by atomic mass is 10.00. The predicted molar refractivity (Wildman–Crippen MR) is 101 cm³/mol. The molecular formula is C19H21FN6O2. The number of amides is 1. The van der Waals surface area contributed by atoms with Gasteiger partial charge in [-0.2, -0.15) is 5.10 Å². The van der Waals surface area contributed by atoms with E-state index in [0.29, 0.717) is 12.2 Å². The van der Waals surface area contributed by atoms with Gasteiger partial charge in [-0.15, -0.1) is 5.10 Å². The number of nitrogens with zero attached hydrogens (tertiary/aromatic N) is 6. The molecule has 1 saturated heterocycles. The number of rotatable bonds is 4. The Morgan fingerprint density at radius 1 is 1.25 bits per heavy atom. The zero-order chi connectivity index (χ0) is 19.7. The van der Waals surface area contributed by atoms with Gasteiger partial charge in [-0.1, -0.05) is 12.1 Å². The van der Waals surface area contributed by atoms with E-state index in [-0.39, 0.29) is 35.3 Å². The number of carbonyl (C=O) groups is 1. The average molecular weight is 384 g/mol. The molecular weight excluding hydrogens is 363 g/mol. The third kappa shape index (κ3) is 3.28. The highest BCUT2D eigenvalue weighted by atomic mass is 19.1. The van der Waals surface area contributed by atoms with Crippen molar-refractivity contribution in [3.63, 3.8) is 0 Å². The fourth-order valence-corrected chi connectivity index (χ4v) is 3.71. The molecule has 1 aliphatic rings. The maximum Gasteiger partial charge on any atom is 0.281 e. The maximum atomic E-state index is 13.1. The summed E-state index contributed by atoms with van der Waals surface area (Å²) in [6.07, 6.45) is 5.39. The Balaban J connectivity index is 1.63. The summed E-state index contributed by atoms with van der Waals surface area (Å²) in [6.45, 7) is 2.64. The minimum atomic E-state index is -0.420. The van der Waals surface area contributed by atoms with Gasteiger partial charge in [-0.25, -0.2) is 13.8 Å². The first-order valence-electron chi connectivity index (χ1n) is 9.45. The van der Waals surface area contributed by atoms with Gasteiger partial charge in [0.1, 0.15) is 17.7 Å². The third-order valence-electron chi connectivity index (χ3n) is 5.23. The van der Waals surface area contributed by atoms with E-state index in [1.165, 1.54) is 23.0 Å². The Kier molecular flexibility index (Phi) is 4.89. The fraction of sp³-hybridized carbons (Fsp3) is 0.421. The molecule has 1 atom stereocenters. The number of halogens is 1. The molecule has 2 aromatic heterocycles. The Hall–Kier alpha value is -3.10. The SMILES string of the molecule is CC[C@H]1CCCCN1C(=O)Cn1nnc2c(cnn2-c2ccc(F)cc2)c1=O. The molecule has 8 nitrogen and oxygen atoms in total. The smallest absolute Gasteiger partial charge is 0.281 e. The van der Waals surface area contributed by atoms with Crippen LogP contribution in [-0.4, -0.2) is 48.2 Å². The quantitative estimate of drug-likeness (QED) is 0.686.